The zero-order valence-corrected chi connectivity index (χ0v) is 20.1. The summed E-state index contributed by atoms with van der Waals surface area (Å²) in [5.74, 6) is -2.30. The van der Waals surface area contributed by atoms with Crippen LogP contribution in [0.2, 0.25) is 0 Å². The number of aryl methyl sites for hydroxylation is 3. The molecule has 192 valence electrons. The van der Waals surface area contributed by atoms with Crippen LogP contribution in [0.15, 0.2) is 18.6 Å². The van der Waals surface area contributed by atoms with Crippen molar-refractivity contribution in [2.75, 3.05) is 17.2 Å². The van der Waals surface area contributed by atoms with Crippen LogP contribution in [-0.2, 0) is 21.1 Å². The number of halogens is 1. The van der Waals surface area contributed by atoms with Gasteiger partial charge in [0.2, 0.25) is 17.5 Å². The Balaban J connectivity index is 0.00000456. The molecule has 0 atom stereocenters. The van der Waals surface area contributed by atoms with E-state index in [9.17, 15) is 24.5 Å². The van der Waals surface area contributed by atoms with E-state index < -0.39 is 28.5 Å². The molecule has 0 spiro atoms. The predicted octanol–water partition coefficient (Wildman–Crippen LogP) is -5.46. The molecule has 3 aromatic heterocycles. The smallest absolute Gasteiger partial charge is 0.382 e. The number of rotatable bonds is 9. The Labute approximate surface area is 209 Å². The van der Waals surface area contributed by atoms with E-state index in [-0.39, 0.29) is 53.9 Å². The minimum absolute atomic E-state index is 0. The minimum atomic E-state index is -0.750. The number of nitro groups is 1. The Morgan fingerprint density at radius 3 is 1.81 bits per heavy atom. The molecule has 0 saturated carbocycles. The van der Waals surface area contributed by atoms with E-state index in [1.165, 1.54) is 40.2 Å². The van der Waals surface area contributed by atoms with Gasteiger partial charge in [0.1, 0.15) is 6.20 Å². The van der Waals surface area contributed by atoms with E-state index in [1.807, 2.05) is 0 Å². The molecule has 3 amide bonds. The van der Waals surface area contributed by atoms with E-state index in [2.05, 4.69) is 30.9 Å². The lowest BCUT2D eigenvalue weighted by Gasteiger charge is -2.02. The van der Waals surface area contributed by atoms with Gasteiger partial charge >= 0.3 is 17.5 Å². The Bertz CT molecular complexity index is 1340. The summed E-state index contributed by atoms with van der Waals surface area (Å²) in [6.07, 6.45) is 4.21. The Morgan fingerprint density at radius 1 is 0.917 bits per heavy atom. The van der Waals surface area contributed by atoms with Gasteiger partial charge in [-0.15, -0.1) is 0 Å². The van der Waals surface area contributed by atoms with E-state index in [0.717, 1.165) is 6.20 Å². The number of amides is 3. The molecule has 36 heavy (non-hydrogen) atoms. The number of hydrogen-bond donors (Lipinski definition) is 5. The number of nitrogens with two attached hydrogens (primary N) is 2. The maximum atomic E-state index is 12.7. The number of nitrogens with one attached hydrogen (secondary N) is 3. The minimum Gasteiger partial charge on any atom is -1.00 e. The summed E-state index contributed by atoms with van der Waals surface area (Å²) >= 11 is 0. The van der Waals surface area contributed by atoms with Crippen molar-refractivity contribution in [3.63, 3.8) is 0 Å². The van der Waals surface area contributed by atoms with Gasteiger partial charge in [-0.2, -0.15) is 0 Å². The lowest BCUT2D eigenvalue weighted by Crippen LogP contribution is -3.00. The molecule has 0 aromatic carbocycles. The number of nitrogens with zero attached hydrogens (tertiary/aromatic N) is 7. The molecular weight excluding hydrogens is 500 g/mol. The first-order valence-corrected chi connectivity index (χ1v) is 9.98. The van der Waals surface area contributed by atoms with Crippen LogP contribution in [0.3, 0.4) is 0 Å². The third-order valence-corrected chi connectivity index (χ3v) is 4.60. The van der Waals surface area contributed by atoms with Gasteiger partial charge in [-0.3, -0.25) is 25.5 Å². The van der Waals surface area contributed by atoms with Crippen molar-refractivity contribution in [3.05, 3.63) is 46.2 Å². The Morgan fingerprint density at radius 2 is 1.36 bits per heavy atom. The zero-order valence-electron chi connectivity index (χ0n) is 19.4. The molecule has 17 nitrogen and oxygen atoms in total. The molecular formula is C18H23ClN12O5. The highest BCUT2D eigenvalue weighted by atomic mass is 35.5. The Hall–Kier alpha value is -4.80. The van der Waals surface area contributed by atoms with Crippen LogP contribution in [0.5, 0.6) is 0 Å². The summed E-state index contributed by atoms with van der Waals surface area (Å²) in [6.45, 7) is 0.225. The van der Waals surface area contributed by atoms with Crippen molar-refractivity contribution >= 4 is 41.0 Å². The second-order valence-corrected chi connectivity index (χ2v) is 7.40. The topological polar surface area (TPSA) is 236 Å². The predicted molar refractivity (Wildman–Crippen MR) is 120 cm³/mol. The fraction of sp³-hybridized carbons (Fsp3) is 0.278. The van der Waals surface area contributed by atoms with Gasteiger partial charge in [0.05, 0.1) is 6.42 Å². The van der Waals surface area contributed by atoms with Crippen LogP contribution in [0.25, 0.3) is 0 Å². The number of amidine groups is 1. The normalized spacial score (nSPS) is 10.3. The zero-order chi connectivity index (χ0) is 25.9. The first-order chi connectivity index (χ1) is 16.5. The summed E-state index contributed by atoms with van der Waals surface area (Å²) in [7, 11) is 4.54. The van der Waals surface area contributed by atoms with E-state index in [4.69, 9.17) is 11.1 Å². The number of hydrogen-bond acceptors (Lipinski definition) is 8. The van der Waals surface area contributed by atoms with E-state index in [1.54, 1.807) is 7.05 Å². The highest BCUT2D eigenvalue weighted by Crippen LogP contribution is 2.14. The van der Waals surface area contributed by atoms with Crippen molar-refractivity contribution in [2.24, 2.45) is 26.9 Å². The third-order valence-electron chi connectivity index (χ3n) is 4.60. The third kappa shape index (κ3) is 6.20. The maximum absolute atomic E-state index is 12.7. The number of carbonyl (C=O) groups excluding carboxylic acids is 3. The molecule has 0 saturated heterocycles. The first-order valence-electron chi connectivity index (χ1n) is 9.98. The van der Waals surface area contributed by atoms with Crippen LogP contribution in [0.4, 0.5) is 17.5 Å². The second kappa shape index (κ2) is 11.1. The molecule has 3 heterocycles. The highest BCUT2D eigenvalue weighted by molar-refractivity contribution is 6.04. The average molecular weight is 523 g/mol. The van der Waals surface area contributed by atoms with E-state index in [0.29, 0.717) is 6.42 Å². The molecule has 0 unspecified atom stereocenters. The molecule has 3 aromatic rings. The molecule has 0 bridgehead atoms. The maximum Gasteiger partial charge on any atom is 0.382 e. The molecule has 7 N–H and O–H groups in total. The number of anilines is 2. The molecule has 0 aliphatic heterocycles. The SMILES string of the molecule is Cn1cc(NC(=O)c2nc(NC(=O)c3nc([N+](=O)[O-])cn3C)cn2C)nc1C(=O)NCCC(N)=[NH2+].[Cl-]. The summed E-state index contributed by atoms with van der Waals surface area (Å²) in [5, 5.41) is 23.8. The van der Waals surface area contributed by atoms with Gasteiger partial charge in [-0.05, 0) is 9.91 Å². The lowest BCUT2D eigenvalue weighted by atomic mass is 10.4. The Kier molecular flexibility index (Phi) is 8.45. The van der Waals surface area contributed by atoms with Crippen LogP contribution in [-0.4, -0.2) is 63.7 Å². The van der Waals surface area contributed by atoms with Crippen molar-refractivity contribution in [1.29, 1.82) is 0 Å². The van der Waals surface area contributed by atoms with Gasteiger partial charge in [0, 0.05) is 40.1 Å². The van der Waals surface area contributed by atoms with Crippen LogP contribution in [0, 0.1) is 10.1 Å². The van der Waals surface area contributed by atoms with Crippen LogP contribution < -0.4 is 39.5 Å². The number of aromatic nitrogens is 6. The number of carbonyl (C=O) groups is 3. The van der Waals surface area contributed by atoms with Gasteiger partial charge in [-0.25, -0.2) is 9.97 Å². The lowest BCUT2D eigenvalue weighted by molar-refractivity contribution is -0.389. The number of imidazole rings is 3. The van der Waals surface area contributed by atoms with Gasteiger partial charge in [0.25, 0.3) is 11.8 Å². The quantitative estimate of drug-likeness (QED) is 0.0778. The van der Waals surface area contributed by atoms with Crippen LogP contribution in [0.1, 0.15) is 38.3 Å². The van der Waals surface area contributed by atoms with Crippen molar-refractivity contribution in [1.82, 2.24) is 34.0 Å². The van der Waals surface area contributed by atoms with Crippen molar-refractivity contribution in [3.8, 4) is 0 Å². The molecule has 0 aliphatic carbocycles. The average Bonchev–Trinajstić information content (AvgIpc) is 3.44. The first kappa shape index (κ1) is 27.4. The standard InChI is InChI=1S/C18H22N12O5.ClH/c1-27-6-10(22-13(27)16(31)21-5-4-9(19)20)24-17(32)14-23-11(7-28(14)2)25-18(33)15-26-12(30(34)35)8-29(15)3;/h6-8H,4-5H2,1-3H3,(H3,19,20)(H,21,31)(H,24,32)(H,25,33);1H. The highest BCUT2D eigenvalue weighted by Gasteiger charge is 2.25. The fourth-order valence-electron chi connectivity index (χ4n) is 2.97. The molecule has 18 heteroatoms. The molecule has 0 aliphatic rings. The molecule has 3 rings (SSSR count). The van der Waals surface area contributed by atoms with Crippen molar-refractivity contribution < 1.29 is 37.1 Å². The summed E-state index contributed by atoms with van der Waals surface area (Å²) < 4.78 is 3.98. The monoisotopic (exact) mass is 522 g/mol. The summed E-state index contributed by atoms with van der Waals surface area (Å²) in [4.78, 5) is 59.3. The van der Waals surface area contributed by atoms with Gasteiger partial charge in [0.15, 0.2) is 11.6 Å². The summed E-state index contributed by atoms with van der Waals surface area (Å²) in [5.41, 5.74) is 5.37. The largest absolute Gasteiger partial charge is 1.00 e. The van der Waals surface area contributed by atoms with Gasteiger partial charge in [-0.1, -0.05) is 0 Å². The molecule has 0 fully saturated rings. The van der Waals surface area contributed by atoms with Crippen LogP contribution >= 0.6 is 0 Å². The molecule has 0 radical (unpaired) electrons. The van der Waals surface area contributed by atoms with Gasteiger partial charge < -0.3 is 52.2 Å². The van der Waals surface area contributed by atoms with Crippen molar-refractivity contribution in [2.45, 2.75) is 6.42 Å². The van der Waals surface area contributed by atoms with E-state index >= 15 is 0 Å². The fourth-order valence-corrected chi connectivity index (χ4v) is 2.97. The summed E-state index contributed by atoms with van der Waals surface area (Å²) in [6, 6.07) is 0. The second-order valence-electron chi connectivity index (χ2n) is 7.40.